The number of carboxylic acids is 1. The van der Waals surface area contributed by atoms with Crippen LogP contribution in [0.5, 0.6) is 0 Å². The number of amides is 2. The van der Waals surface area contributed by atoms with Gasteiger partial charge in [-0.2, -0.15) is 0 Å². The zero-order valence-corrected chi connectivity index (χ0v) is 11.2. The van der Waals surface area contributed by atoms with Crippen LogP contribution in [0.2, 0.25) is 0 Å². The minimum Gasteiger partial charge on any atom is -0.479 e. The third-order valence-corrected chi connectivity index (χ3v) is 3.28. The number of carboxylic acid groups (broad SMARTS) is 1. The fourth-order valence-corrected chi connectivity index (χ4v) is 1.92. The molecule has 7 heteroatoms. The molecule has 0 radical (unpaired) electrons. The highest BCUT2D eigenvalue weighted by Gasteiger charge is 2.44. The lowest BCUT2D eigenvalue weighted by Gasteiger charge is -2.27. The van der Waals surface area contributed by atoms with Crippen molar-refractivity contribution in [3.63, 3.8) is 0 Å². The van der Waals surface area contributed by atoms with Crippen molar-refractivity contribution in [3.8, 4) is 0 Å². The van der Waals surface area contributed by atoms with Crippen molar-refractivity contribution in [1.29, 1.82) is 0 Å². The van der Waals surface area contributed by atoms with Gasteiger partial charge in [0.15, 0.2) is 5.54 Å². The van der Waals surface area contributed by atoms with Gasteiger partial charge >= 0.3 is 12.0 Å². The number of unbranched alkanes of at least 4 members (excludes halogenated alkanes) is 2. The highest BCUT2D eigenvalue weighted by Crippen LogP contribution is 2.19. The van der Waals surface area contributed by atoms with Gasteiger partial charge in [0.1, 0.15) is 0 Å². The molecule has 0 aromatic carbocycles. The molecule has 1 rings (SSSR count). The van der Waals surface area contributed by atoms with Crippen molar-refractivity contribution in [2.45, 2.75) is 31.2 Å². The summed E-state index contributed by atoms with van der Waals surface area (Å²) in [5.74, 6) is -1.06. The standard InChI is InChI=1S/C12H22N2O5/c1-14(6-3-2-4-7-15)11(18)13-12(10(16)17)5-8-19-9-12/h15H,2-9H2,1H3,(H,13,18)(H,16,17). The Kier molecular flexibility index (Phi) is 6.04. The SMILES string of the molecule is CN(CCCCCO)C(=O)NC1(C(=O)O)CCOC1. The zero-order chi connectivity index (χ0) is 14.3. The second-order valence-electron chi connectivity index (χ2n) is 4.83. The summed E-state index contributed by atoms with van der Waals surface area (Å²) in [7, 11) is 1.62. The number of aliphatic hydroxyl groups is 1. The molecular weight excluding hydrogens is 252 g/mol. The minimum atomic E-state index is -1.30. The molecule has 1 aliphatic heterocycles. The monoisotopic (exact) mass is 274 g/mol. The van der Waals surface area contributed by atoms with Gasteiger partial charge < -0.3 is 25.2 Å². The van der Waals surface area contributed by atoms with E-state index in [1.54, 1.807) is 7.05 Å². The molecule has 0 spiro atoms. The van der Waals surface area contributed by atoms with Crippen molar-refractivity contribution in [2.24, 2.45) is 0 Å². The summed E-state index contributed by atoms with van der Waals surface area (Å²) in [5, 5.41) is 20.4. The summed E-state index contributed by atoms with van der Waals surface area (Å²) in [4.78, 5) is 24.6. The molecule has 110 valence electrons. The first-order valence-electron chi connectivity index (χ1n) is 6.47. The first-order chi connectivity index (χ1) is 9.02. The quantitative estimate of drug-likeness (QED) is 0.569. The number of ether oxygens (including phenoxy) is 1. The summed E-state index contributed by atoms with van der Waals surface area (Å²) < 4.78 is 5.07. The van der Waals surface area contributed by atoms with E-state index in [2.05, 4.69) is 5.32 Å². The Morgan fingerprint density at radius 3 is 2.63 bits per heavy atom. The number of hydrogen-bond acceptors (Lipinski definition) is 4. The normalized spacial score (nSPS) is 22.2. The summed E-state index contributed by atoms with van der Waals surface area (Å²) >= 11 is 0. The molecule has 1 heterocycles. The van der Waals surface area contributed by atoms with E-state index in [-0.39, 0.29) is 19.6 Å². The molecule has 0 saturated carbocycles. The molecular formula is C12H22N2O5. The maximum atomic E-state index is 11.9. The summed E-state index contributed by atoms with van der Waals surface area (Å²) in [6, 6.07) is -0.406. The molecule has 1 aliphatic rings. The number of hydrogen-bond donors (Lipinski definition) is 3. The first kappa shape index (κ1) is 15.7. The second kappa shape index (κ2) is 7.30. The van der Waals surface area contributed by atoms with E-state index in [9.17, 15) is 14.7 Å². The molecule has 2 amide bonds. The number of rotatable bonds is 7. The Morgan fingerprint density at radius 2 is 2.11 bits per heavy atom. The zero-order valence-electron chi connectivity index (χ0n) is 11.2. The fraction of sp³-hybridized carbons (Fsp3) is 0.833. The van der Waals surface area contributed by atoms with E-state index in [1.807, 2.05) is 0 Å². The van der Waals surface area contributed by atoms with Crippen LogP contribution in [0.4, 0.5) is 4.79 Å². The molecule has 3 N–H and O–H groups in total. The van der Waals surface area contributed by atoms with Gasteiger partial charge in [-0.3, -0.25) is 0 Å². The molecule has 1 fully saturated rings. The largest absolute Gasteiger partial charge is 0.479 e. The Balaban J connectivity index is 2.41. The Hall–Kier alpha value is -1.34. The van der Waals surface area contributed by atoms with Crippen LogP contribution < -0.4 is 5.32 Å². The molecule has 0 aromatic rings. The maximum absolute atomic E-state index is 11.9. The van der Waals surface area contributed by atoms with E-state index >= 15 is 0 Å². The van der Waals surface area contributed by atoms with Crippen LogP contribution >= 0.6 is 0 Å². The van der Waals surface area contributed by atoms with Crippen LogP contribution in [-0.2, 0) is 9.53 Å². The lowest BCUT2D eigenvalue weighted by atomic mass is 9.99. The Bertz CT molecular complexity index is 315. The smallest absolute Gasteiger partial charge is 0.332 e. The highest BCUT2D eigenvalue weighted by molar-refractivity contribution is 5.86. The van der Waals surface area contributed by atoms with Crippen LogP contribution in [0.1, 0.15) is 25.7 Å². The number of nitrogens with one attached hydrogen (secondary N) is 1. The van der Waals surface area contributed by atoms with Gasteiger partial charge in [-0.25, -0.2) is 9.59 Å². The topological polar surface area (TPSA) is 99.1 Å². The maximum Gasteiger partial charge on any atom is 0.332 e. The fourth-order valence-electron chi connectivity index (χ4n) is 1.92. The van der Waals surface area contributed by atoms with Crippen molar-refractivity contribution in [2.75, 3.05) is 33.4 Å². The van der Waals surface area contributed by atoms with Gasteiger partial charge in [0, 0.05) is 33.2 Å². The van der Waals surface area contributed by atoms with Gasteiger partial charge in [0.2, 0.25) is 0 Å². The molecule has 7 nitrogen and oxygen atoms in total. The number of carbonyl (C=O) groups is 2. The minimum absolute atomic E-state index is 0.00637. The van der Waals surface area contributed by atoms with Crippen LogP contribution in [0, 0.1) is 0 Å². The lowest BCUT2D eigenvalue weighted by Crippen LogP contribution is -2.58. The average Bonchev–Trinajstić information content (AvgIpc) is 2.84. The van der Waals surface area contributed by atoms with Crippen LogP contribution in [0.3, 0.4) is 0 Å². The van der Waals surface area contributed by atoms with Crippen molar-refractivity contribution in [3.05, 3.63) is 0 Å². The summed E-state index contributed by atoms with van der Waals surface area (Å²) in [6.45, 7) is 1.02. The molecule has 0 bridgehead atoms. The van der Waals surface area contributed by atoms with Gasteiger partial charge in [0.25, 0.3) is 0 Å². The van der Waals surface area contributed by atoms with E-state index in [0.717, 1.165) is 12.8 Å². The summed E-state index contributed by atoms with van der Waals surface area (Å²) in [5.41, 5.74) is -1.30. The Morgan fingerprint density at radius 1 is 1.37 bits per heavy atom. The lowest BCUT2D eigenvalue weighted by molar-refractivity contribution is -0.144. The number of nitrogens with zero attached hydrogens (tertiary/aromatic N) is 1. The third-order valence-electron chi connectivity index (χ3n) is 3.28. The van der Waals surface area contributed by atoms with Crippen LogP contribution in [0.25, 0.3) is 0 Å². The average molecular weight is 274 g/mol. The molecule has 1 saturated heterocycles. The molecule has 0 aromatic heterocycles. The first-order valence-corrected chi connectivity index (χ1v) is 6.47. The predicted molar refractivity (Wildman–Crippen MR) is 67.9 cm³/mol. The predicted octanol–water partition coefficient (Wildman–Crippen LogP) is 0.0341. The van der Waals surface area contributed by atoms with Crippen molar-refractivity contribution in [1.82, 2.24) is 10.2 Å². The van der Waals surface area contributed by atoms with E-state index in [4.69, 9.17) is 9.84 Å². The number of aliphatic hydroxyl groups excluding tert-OH is 1. The van der Waals surface area contributed by atoms with Gasteiger partial charge in [-0.05, 0) is 19.3 Å². The molecule has 1 unspecified atom stereocenters. The van der Waals surface area contributed by atoms with Crippen LogP contribution in [0.15, 0.2) is 0 Å². The van der Waals surface area contributed by atoms with E-state index in [1.165, 1.54) is 4.90 Å². The number of carbonyl (C=O) groups excluding carboxylic acids is 1. The van der Waals surface area contributed by atoms with Crippen molar-refractivity contribution < 1.29 is 24.5 Å². The second-order valence-corrected chi connectivity index (χ2v) is 4.83. The van der Waals surface area contributed by atoms with E-state index in [0.29, 0.717) is 19.6 Å². The Labute approximate surface area is 112 Å². The van der Waals surface area contributed by atoms with Crippen molar-refractivity contribution >= 4 is 12.0 Å². The van der Waals surface area contributed by atoms with Gasteiger partial charge in [-0.1, -0.05) is 0 Å². The highest BCUT2D eigenvalue weighted by atomic mass is 16.5. The van der Waals surface area contributed by atoms with Gasteiger partial charge in [-0.15, -0.1) is 0 Å². The molecule has 1 atom stereocenters. The number of urea groups is 1. The molecule has 19 heavy (non-hydrogen) atoms. The summed E-state index contributed by atoms with van der Waals surface area (Å²) in [6.07, 6.45) is 2.61. The molecule has 0 aliphatic carbocycles. The van der Waals surface area contributed by atoms with Gasteiger partial charge in [0.05, 0.1) is 6.61 Å². The number of aliphatic carboxylic acids is 1. The third kappa shape index (κ3) is 4.36. The van der Waals surface area contributed by atoms with Crippen LogP contribution in [-0.4, -0.2) is 66.1 Å². The van der Waals surface area contributed by atoms with E-state index < -0.39 is 17.5 Å².